The molecule has 0 aliphatic rings. The predicted octanol–water partition coefficient (Wildman–Crippen LogP) is 3.07. The molecule has 0 rings (SSSR count). The predicted molar refractivity (Wildman–Crippen MR) is 126 cm³/mol. The molecule has 5 N–H and O–H groups in total. The van der Waals surface area contributed by atoms with Gasteiger partial charge in [0.25, 0.3) is 0 Å². The molecule has 2 unspecified atom stereocenters. The van der Waals surface area contributed by atoms with Gasteiger partial charge in [0.15, 0.2) is 0 Å². The third-order valence-electron chi connectivity index (χ3n) is 5.68. The largest absolute Gasteiger partial charge is 0.394 e. The van der Waals surface area contributed by atoms with Gasteiger partial charge >= 0.3 is 0 Å². The highest BCUT2D eigenvalue weighted by molar-refractivity contribution is 4.65. The van der Waals surface area contributed by atoms with Crippen molar-refractivity contribution in [1.82, 2.24) is 10.2 Å². The van der Waals surface area contributed by atoms with Crippen LogP contribution in [0.4, 0.5) is 0 Å². The Morgan fingerprint density at radius 2 is 1.10 bits per heavy atom. The zero-order chi connectivity index (χ0) is 22.3. The molecule has 0 bridgehead atoms. The van der Waals surface area contributed by atoms with Crippen LogP contribution in [0.5, 0.6) is 0 Å². The maximum Gasteiger partial charge on any atom is 0.0897 e. The molecule has 0 heterocycles. The quantitative estimate of drug-likeness (QED) is 0.150. The number of hydrogen-bond acceptors (Lipinski definition) is 6. The van der Waals surface area contributed by atoms with Gasteiger partial charge in [-0.3, -0.25) is 0 Å². The van der Waals surface area contributed by atoms with Crippen molar-refractivity contribution in [2.24, 2.45) is 0 Å². The van der Waals surface area contributed by atoms with Crippen molar-refractivity contribution in [1.29, 1.82) is 0 Å². The van der Waals surface area contributed by atoms with Crippen LogP contribution in [0.25, 0.3) is 0 Å². The molecule has 0 aliphatic carbocycles. The molecule has 0 amide bonds. The van der Waals surface area contributed by atoms with Crippen LogP contribution < -0.4 is 5.32 Å². The normalized spacial score (nSPS) is 13.8. The Hall–Kier alpha value is -0.240. The van der Waals surface area contributed by atoms with E-state index in [1.165, 1.54) is 64.2 Å². The summed E-state index contributed by atoms with van der Waals surface area (Å²) >= 11 is 0. The number of nitrogens with zero attached hydrogens (tertiary/aromatic N) is 1. The van der Waals surface area contributed by atoms with E-state index in [1.54, 1.807) is 0 Å². The van der Waals surface area contributed by atoms with Crippen molar-refractivity contribution in [3.05, 3.63) is 0 Å². The molecule has 182 valence electrons. The SMILES string of the molecule is CCCCCCCCCCCCN(CCCCCCNCC(O)CO)CC(O)CO. The molecule has 0 aromatic carbocycles. The van der Waals surface area contributed by atoms with E-state index >= 15 is 0 Å². The van der Waals surface area contributed by atoms with Crippen LogP contribution in [0, 0.1) is 0 Å². The summed E-state index contributed by atoms with van der Waals surface area (Å²) in [7, 11) is 0. The molecule has 0 saturated carbocycles. The van der Waals surface area contributed by atoms with E-state index in [2.05, 4.69) is 17.1 Å². The smallest absolute Gasteiger partial charge is 0.0897 e. The van der Waals surface area contributed by atoms with Crippen molar-refractivity contribution >= 4 is 0 Å². The van der Waals surface area contributed by atoms with Crippen LogP contribution in [0.3, 0.4) is 0 Å². The van der Waals surface area contributed by atoms with Gasteiger partial charge in [-0.2, -0.15) is 0 Å². The highest BCUT2D eigenvalue weighted by Gasteiger charge is 2.10. The van der Waals surface area contributed by atoms with Gasteiger partial charge in [-0.1, -0.05) is 77.6 Å². The van der Waals surface area contributed by atoms with Crippen LogP contribution in [0.15, 0.2) is 0 Å². The van der Waals surface area contributed by atoms with Crippen molar-refractivity contribution < 1.29 is 20.4 Å². The maximum atomic E-state index is 9.82. The average Bonchev–Trinajstić information content (AvgIpc) is 2.76. The third-order valence-corrected chi connectivity index (χ3v) is 5.68. The molecule has 6 heteroatoms. The fourth-order valence-corrected chi connectivity index (χ4v) is 3.75. The topological polar surface area (TPSA) is 96.2 Å². The van der Waals surface area contributed by atoms with Gasteiger partial charge in [0.1, 0.15) is 0 Å². The first-order valence-corrected chi connectivity index (χ1v) is 12.6. The first-order valence-electron chi connectivity index (χ1n) is 12.6. The molecule has 0 aromatic rings. The highest BCUT2D eigenvalue weighted by atomic mass is 16.3. The van der Waals surface area contributed by atoms with E-state index in [0.29, 0.717) is 13.1 Å². The monoisotopic (exact) mass is 432 g/mol. The Balaban J connectivity index is 3.71. The lowest BCUT2D eigenvalue weighted by Crippen LogP contribution is -2.35. The minimum absolute atomic E-state index is 0.167. The van der Waals surface area contributed by atoms with Gasteiger partial charge < -0.3 is 30.6 Å². The molecule has 6 nitrogen and oxygen atoms in total. The molecule has 0 fully saturated rings. The van der Waals surface area contributed by atoms with Crippen LogP contribution in [0.1, 0.15) is 96.8 Å². The number of nitrogens with one attached hydrogen (secondary N) is 1. The molecule has 0 aliphatic heterocycles. The van der Waals surface area contributed by atoms with Gasteiger partial charge in [0, 0.05) is 13.1 Å². The van der Waals surface area contributed by atoms with Crippen molar-refractivity contribution in [3.8, 4) is 0 Å². The maximum absolute atomic E-state index is 9.82. The molecular weight excluding hydrogens is 380 g/mol. The first kappa shape index (κ1) is 29.8. The van der Waals surface area contributed by atoms with Crippen molar-refractivity contribution in [2.45, 2.75) is 109 Å². The average molecular weight is 433 g/mol. The molecular formula is C24H52N2O4. The molecule has 0 saturated heterocycles. The second-order valence-electron chi connectivity index (χ2n) is 8.77. The number of aliphatic hydroxyl groups excluding tert-OH is 4. The summed E-state index contributed by atoms with van der Waals surface area (Å²) in [6.07, 6.45) is 16.4. The van der Waals surface area contributed by atoms with Gasteiger partial charge in [0.2, 0.25) is 0 Å². The van der Waals surface area contributed by atoms with Crippen LogP contribution in [-0.4, -0.2) is 83.5 Å². The Bertz CT molecular complexity index is 334. The minimum atomic E-state index is -0.665. The Kier molecular flexibility index (Phi) is 23.2. The number of unbranched alkanes of at least 4 members (excludes halogenated alkanes) is 12. The lowest BCUT2D eigenvalue weighted by Gasteiger charge is -2.24. The van der Waals surface area contributed by atoms with Gasteiger partial charge in [-0.25, -0.2) is 0 Å². The summed E-state index contributed by atoms with van der Waals surface area (Å²) in [4.78, 5) is 2.31. The second kappa shape index (κ2) is 23.4. The number of hydrogen-bond donors (Lipinski definition) is 5. The van der Waals surface area contributed by atoms with E-state index in [0.717, 1.165) is 45.3 Å². The number of aliphatic hydroxyl groups is 4. The van der Waals surface area contributed by atoms with Gasteiger partial charge in [-0.05, 0) is 38.9 Å². The van der Waals surface area contributed by atoms with E-state index < -0.39 is 12.2 Å². The first-order chi connectivity index (χ1) is 14.6. The van der Waals surface area contributed by atoms with Gasteiger partial charge in [-0.15, -0.1) is 0 Å². The van der Waals surface area contributed by atoms with Crippen LogP contribution >= 0.6 is 0 Å². The zero-order valence-electron chi connectivity index (χ0n) is 19.7. The highest BCUT2D eigenvalue weighted by Crippen LogP contribution is 2.11. The van der Waals surface area contributed by atoms with E-state index in [9.17, 15) is 10.2 Å². The Morgan fingerprint density at radius 1 is 0.633 bits per heavy atom. The lowest BCUT2D eigenvalue weighted by molar-refractivity contribution is 0.0579. The molecule has 0 radical (unpaired) electrons. The van der Waals surface area contributed by atoms with Crippen molar-refractivity contribution in [3.63, 3.8) is 0 Å². The van der Waals surface area contributed by atoms with Crippen LogP contribution in [-0.2, 0) is 0 Å². The summed E-state index contributed by atoms with van der Waals surface area (Å²) in [5, 5.41) is 40.2. The fourth-order valence-electron chi connectivity index (χ4n) is 3.75. The fraction of sp³-hybridized carbons (Fsp3) is 1.00. The summed E-state index contributed by atoms with van der Waals surface area (Å²) in [6, 6.07) is 0. The van der Waals surface area contributed by atoms with Crippen LogP contribution in [0.2, 0.25) is 0 Å². The Morgan fingerprint density at radius 3 is 1.60 bits per heavy atom. The summed E-state index contributed by atoms with van der Waals surface area (Å²) in [6.45, 7) is 5.76. The van der Waals surface area contributed by atoms with Gasteiger partial charge in [0.05, 0.1) is 25.4 Å². The van der Waals surface area contributed by atoms with E-state index in [1.807, 2.05) is 0 Å². The van der Waals surface area contributed by atoms with E-state index in [-0.39, 0.29) is 13.2 Å². The third kappa shape index (κ3) is 21.0. The van der Waals surface area contributed by atoms with E-state index in [4.69, 9.17) is 10.2 Å². The number of rotatable bonds is 24. The minimum Gasteiger partial charge on any atom is -0.394 e. The summed E-state index contributed by atoms with van der Waals surface area (Å²) in [5.74, 6) is 0. The molecule has 2 atom stereocenters. The summed E-state index contributed by atoms with van der Waals surface area (Å²) < 4.78 is 0. The second-order valence-corrected chi connectivity index (χ2v) is 8.77. The zero-order valence-corrected chi connectivity index (χ0v) is 19.7. The molecule has 0 spiro atoms. The standard InChI is InChI=1S/C24H52N2O4/c1-2-3-4-5-6-7-8-9-11-14-17-26(20-24(30)22-28)18-15-12-10-13-16-25-19-23(29)21-27/h23-25,27-30H,2-22H2,1H3. The lowest BCUT2D eigenvalue weighted by atomic mass is 10.1. The molecule has 30 heavy (non-hydrogen) atoms. The summed E-state index contributed by atoms with van der Waals surface area (Å²) in [5.41, 5.74) is 0. The Labute approximate surface area is 186 Å². The van der Waals surface area contributed by atoms with Crippen molar-refractivity contribution in [2.75, 3.05) is 45.9 Å². The molecule has 0 aromatic heterocycles.